The average Bonchev–Trinajstić information content (AvgIpc) is 3.09. The molecule has 3 aromatic rings. The van der Waals surface area contributed by atoms with E-state index in [1.807, 2.05) is 37.3 Å². The summed E-state index contributed by atoms with van der Waals surface area (Å²) in [6.07, 6.45) is 0.658. The Morgan fingerprint density at radius 3 is 2.53 bits per heavy atom. The van der Waals surface area contributed by atoms with E-state index in [4.69, 9.17) is 27.4 Å². The third-order valence-corrected chi connectivity index (χ3v) is 6.92. The van der Waals surface area contributed by atoms with Gasteiger partial charge in [0, 0.05) is 24.0 Å². The van der Waals surface area contributed by atoms with Crippen LogP contribution in [0, 0.1) is 6.92 Å². The number of thiophene rings is 1. The van der Waals surface area contributed by atoms with Crippen LogP contribution in [0.3, 0.4) is 0 Å². The van der Waals surface area contributed by atoms with Crippen molar-refractivity contribution in [3.05, 3.63) is 80.1 Å². The van der Waals surface area contributed by atoms with Gasteiger partial charge >= 0.3 is 0 Å². The van der Waals surface area contributed by atoms with Crippen molar-refractivity contribution in [2.24, 2.45) is 5.73 Å². The second-order valence-corrected chi connectivity index (χ2v) is 9.64. The van der Waals surface area contributed by atoms with Gasteiger partial charge in [0.05, 0.1) is 16.6 Å². The number of anilines is 1. The molecule has 0 saturated carbocycles. The first-order valence-corrected chi connectivity index (χ1v) is 12.3. The van der Waals surface area contributed by atoms with E-state index < -0.39 is 11.8 Å². The van der Waals surface area contributed by atoms with Crippen molar-refractivity contribution in [2.45, 2.75) is 13.3 Å². The Bertz CT molecular complexity index is 1200. The molecule has 2 amide bonds. The zero-order chi connectivity index (χ0) is 24.7. The van der Waals surface area contributed by atoms with Gasteiger partial charge in [0.25, 0.3) is 11.8 Å². The number of carbonyl (C=O) groups excluding carboxylic acids is 2. The third-order valence-electron chi connectivity index (χ3n) is 4.89. The van der Waals surface area contributed by atoms with Crippen LogP contribution < -0.4 is 21.1 Å². The van der Waals surface area contributed by atoms with Crippen molar-refractivity contribution in [1.82, 2.24) is 5.32 Å². The van der Waals surface area contributed by atoms with Crippen LogP contribution in [0.25, 0.3) is 0 Å². The second-order valence-electron chi connectivity index (χ2n) is 7.28. The molecule has 0 saturated heterocycles. The van der Waals surface area contributed by atoms with Gasteiger partial charge in [-0.1, -0.05) is 30.3 Å². The number of amides is 2. The number of carbonyl (C=O) groups is 2. The lowest BCUT2D eigenvalue weighted by molar-refractivity contribution is 0.0975. The van der Waals surface area contributed by atoms with Gasteiger partial charge in [0.1, 0.15) is 17.4 Å². The Morgan fingerprint density at radius 2 is 1.88 bits per heavy atom. The fourth-order valence-corrected chi connectivity index (χ4v) is 5.20. The van der Waals surface area contributed by atoms with E-state index in [1.54, 1.807) is 25.3 Å². The number of primary amides is 1. The van der Waals surface area contributed by atoms with Crippen molar-refractivity contribution in [2.75, 3.05) is 25.6 Å². The molecule has 7 nitrogen and oxygen atoms in total. The number of nitrogens with two attached hydrogens (primary N) is 1. The largest absolute Gasteiger partial charge is 0.490 e. The molecular weight excluding hydrogens is 538 g/mol. The summed E-state index contributed by atoms with van der Waals surface area (Å²) in [4.78, 5) is 25.8. The minimum atomic E-state index is -0.558. The summed E-state index contributed by atoms with van der Waals surface area (Å²) in [7, 11) is 1.59. The normalized spacial score (nSPS) is 10.6. The standard InChI is InChI=1S/C24H24BrN3O4S2/c1-14-19(12-15-6-4-3-5-7-15)34-23(20(14)21(26)29)28-24(33)27-22(30)16-8-9-18(17(25)13-16)32-11-10-31-2/h3-9,13H,10-12H2,1-2H3,(H2,26,29)(H2,27,28,30,33). The van der Waals surface area contributed by atoms with E-state index in [0.717, 1.165) is 16.0 Å². The van der Waals surface area contributed by atoms with Crippen molar-refractivity contribution in [1.29, 1.82) is 0 Å². The van der Waals surface area contributed by atoms with Gasteiger partial charge in [-0.05, 0) is 64.4 Å². The van der Waals surface area contributed by atoms with E-state index in [1.165, 1.54) is 11.3 Å². The van der Waals surface area contributed by atoms with E-state index in [0.29, 0.717) is 46.0 Å². The fraction of sp³-hybridized carbons (Fsp3) is 0.208. The quantitative estimate of drug-likeness (QED) is 0.259. The van der Waals surface area contributed by atoms with Crippen molar-refractivity contribution in [3.8, 4) is 5.75 Å². The molecule has 0 aliphatic rings. The molecule has 34 heavy (non-hydrogen) atoms. The van der Waals surface area contributed by atoms with Gasteiger partial charge in [-0.25, -0.2) is 0 Å². The highest BCUT2D eigenvalue weighted by Gasteiger charge is 2.21. The molecule has 2 aromatic carbocycles. The van der Waals surface area contributed by atoms with Crippen molar-refractivity contribution in [3.63, 3.8) is 0 Å². The fourth-order valence-electron chi connectivity index (χ4n) is 3.20. The monoisotopic (exact) mass is 561 g/mol. The molecule has 0 atom stereocenters. The lowest BCUT2D eigenvalue weighted by Crippen LogP contribution is -2.34. The van der Waals surface area contributed by atoms with Gasteiger partial charge in [-0.3, -0.25) is 14.9 Å². The molecule has 0 aliphatic heterocycles. The van der Waals surface area contributed by atoms with Crippen LogP contribution in [-0.4, -0.2) is 37.3 Å². The molecule has 0 fully saturated rings. The molecule has 1 heterocycles. The number of nitrogens with one attached hydrogen (secondary N) is 2. The molecule has 3 rings (SSSR count). The maximum atomic E-state index is 12.7. The zero-order valence-corrected chi connectivity index (χ0v) is 21.9. The van der Waals surface area contributed by atoms with E-state index in [9.17, 15) is 9.59 Å². The number of halogens is 1. The second kappa shape index (κ2) is 12.1. The van der Waals surface area contributed by atoms with Gasteiger partial charge in [0.15, 0.2) is 5.11 Å². The van der Waals surface area contributed by atoms with Gasteiger partial charge in [-0.2, -0.15) is 0 Å². The number of hydrogen-bond donors (Lipinski definition) is 3. The Balaban J connectivity index is 1.70. The lowest BCUT2D eigenvalue weighted by atomic mass is 10.1. The maximum absolute atomic E-state index is 12.7. The molecule has 0 bridgehead atoms. The van der Waals surface area contributed by atoms with Crippen LogP contribution in [-0.2, 0) is 11.2 Å². The van der Waals surface area contributed by atoms with Crippen LogP contribution in [0.1, 0.15) is 36.7 Å². The molecule has 4 N–H and O–H groups in total. The number of ether oxygens (including phenoxy) is 2. The van der Waals surface area contributed by atoms with Crippen LogP contribution in [0.4, 0.5) is 5.00 Å². The topological polar surface area (TPSA) is 103 Å². The molecule has 0 spiro atoms. The molecule has 0 radical (unpaired) electrons. The smallest absolute Gasteiger partial charge is 0.257 e. The molecule has 1 aromatic heterocycles. The van der Waals surface area contributed by atoms with Crippen molar-refractivity contribution >= 4 is 61.4 Å². The number of thiocarbonyl (C=S) groups is 1. The molecule has 0 unspecified atom stereocenters. The maximum Gasteiger partial charge on any atom is 0.257 e. The predicted octanol–water partition coefficient (Wildman–Crippen LogP) is 4.66. The number of methoxy groups -OCH3 is 1. The molecule has 0 aliphatic carbocycles. The Hall–Kier alpha value is -2.79. The summed E-state index contributed by atoms with van der Waals surface area (Å²) >= 11 is 10.1. The predicted molar refractivity (Wildman–Crippen MR) is 142 cm³/mol. The zero-order valence-electron chi connectivity index (χ0n) is 18.6. The van der Waals surface area contributed by atoms with Crippen LogP contribution >= 0.6 is 39.5 Å². The summed E-state index contributed by atoms with van der Waals surface area (Å²) in [5.74, 6) is -0.363. The van der Waals surface area contributed by atoms with E-state index in [-0.39, 0.29) is 5.11 Å². The average molecular weight is 563 g/mol. The first-order chi connectivity index (χ1) is 16.3. The minimum Gasteiger partial charge on any atom is -0.490 e. The minimum absolute atomic E-state index is 0.0663. The van der Waals surface area contributed by atoms with E-state index >= 15 is 0 Å². The third kappa shape index (κ3) is 6.63. The SMILES string of the molecule is COCCOc1ccc(C(=O)NC(=S)Nc2sc(Cc3ccccc3)c(C)c2C(N)=O)cc1Br. The van der Waals surface area contributed by atoms with Crippen LogP contribution in [0.15, 0.2) is 53.0 Å². The van der Waals surface area contributed by atoms with Gasteiger partial charge < -0.3 is 20.5 Å². The Morgan fingerprint density at radius 1 is 1.15 bits per heavy atom. The lowest BCUT2D eigenvalue weighted by Gasteiger charge is -2.11. The molecule has 178 valence electrons. The summed E-state index contributed by atoms with van der Waals surface area (Å²) in [5, 5.41) is 6.18. The summed E-state index contributed by atoms with van der Waals surface area (Å²) in [6.45, 7) is 2.70. The van der Waals surface area contributed by atoms with Crippen LogP contribution in [0.5, 0.6) is 5.75 Å². The Labute approximate surface area is 215 Å². The molecule has 10 heteroatoms. The Kier molecular flexibility index (Phi) is 9.17. The van der Waals surface area contributed by atoms with Gasteiger partial charge in [0.2, 0.25) is 0 Å². The highest BCUT2D eigenvalue weighted by Crippen LogP contribution is 2.34. The summed E-state index contributed by atoms with van der Waals surface area (Å²) in [5.41, 5.74) is 8.30. The summed E-state index contributed by atoms with van der Waals surface area (Å²) < 4.78 is 11.2. The van der Waals surface area contributed by atoms with Gasteiger partial charge in [-0.15, -0.1) is 11.3 Å². The summed E-state index contributed by atoms with van der Waals surface area (Å²) in [6, 6.07) is 14.9. The first-order valence-electron chi connectivity index (χ1n) is 10.3. The highest BCUT2D eigenvalue weighted by atomic mass is 79.9. The molecular formula is C24H24BrN3O4S2. The van der Waals surface area contributed by atoms with E-state index in [2.05, 4.69) is 26.6 Å². The van der Waals surface area contributed by atoms with Crippen LogP contribution in [0.2, 0.25) is 0 Å². The number of rotatable bonds is 9. The number of benzene rings is 2. The highest BCUT2D eigenvalue weighted by molar-refractivity contribution is 9.10. The van der Waals surface area contributed by atoms with Crippen molar-refractivity contribution < 1.29 is 19.1 Å². The first kappa shape index (κ1) is 25.8. The number of hydrogen-bond acceptors (Lipinski definition) is 6.